The summed E-state index contributed by atoms with van der Waals surface area (Å²) >= 11 is 0. The first-order valence-electron chi connectivity index (χ1n) is 4.71. The predicted octanol–water partition coefficient (Wildman–Crippen LogP) is 3.43. The third-order valence-corrected chi connectivity index (χ3v) is 2.55. The van der Waals surface area contributed by atoms with E-state index in [4.69, 9.17) is 4.89 Å². The van der Waals surface area contributed by atoms with Gasteiger partial charge < -0.3 is 4.89 Å². The number of aryl methyl sites for hydroxylation is 1. The predicted molar refractivity (Wildman–Crippen MR) is 56.8 cm³/mol. The molecule has 2 atom stereocenters. The second-order valence-electron chi connectivity index (χ2n) is 3.74. The fraction of sp³-hybridized carbons (Fsp3) is 0.400. The maximum Gasteiger partial charge on any atom is 0.419 e. The highest BCUT2D eigenvalue weighted by molar-refractivity contribution is 7.51. The molecule has 96 valence electrons. The molecule has 0 aliphatic rings. The van der Waals surface area contributed by atoms with E-state index in [1.165, 1.54) is 18.2 Å². The summed E-state index contributed by atoms with van der Waals surface area (Å²) in [6, 6.07) is 5.54. The molecule has 0 bridgehead atoms. The Kier molecular flexibility index (Phi) is 4.02. The van der Waals surface area contributed by atoms with Crippen LogP contribution in [-0.2, 0) is 9.09 Å². The summed E-state index contributed by atoms with van der Waals surface area (Å²) in [7, 11) is -4.22. The fourth-order valence-corrected chi connectivity index (χ4v) is 1.97. The topological polar surface area (TPSA) is 46.5 Å². The average Bonchev–Trinajstić information content (AvgIpc) is 2.11. The molecule has 2 unspecified atom stereocenters. The van der Waals surface area contributed by atoms with Gasteiger partial charge in [-0.1, -0.05) is 29.8 Å². The van der Waals surface area contributed by atoms with Gasteiger partial charge in [-0.2, -0.15) is 13.2 Å². The van der Waals surface area contributed by atoms with Crippen LogP contribution in [0.15, 0.2) is 24.3 Å². The van der Waals surface area contributed by atoms with E-state index in [0.717, 1.165) is 6.66 Å². The standard InChI is InChI=1S/C10H12F3O3P/c1-7-4-3-5-8(6-7)9(10(11,12)13)16-17(2,14)15/h3-6,9H,1-2H3,(H,14,15). The lowest BCUT2D eigenvalue weighted by Gasteiger charge is -2.22. The normalized spacial score (nSPS) is 17.5. The van der Waals surface area contributed by atoms with Crippen molar-refractivity contribution in [2.45, 2.75) is 19.2 Å². The highest BCUT2D eigenvalue weighted by atomic mass is 31.2. The summed E-state index contributed by atoms with van der Waals surface area (Å²) in [5, 5.41) is 0. The minimum Gasteiger partial charge on any atom is -0.324 e. The lowest BCUT2D eigenvalue weighted by Crippen LogP contribution is -2.22. The Morgan fingerprint density at radius 2 is 2.00 bits per heavy atom. The molecule has 1 N–H and O–H groups in total. The van der Waals surface area contributed by atoms with Gasteiger partial charge in [0.15, 0.2) is 6.10 Å². The highest BCUT2D eigenvalue weighted by Gasteiger charge is 2.44. The number of hydrogen-bond acceptors (Lipinski definition) is 2. The van der Waals surface area contributed by atoms with Gasteiger partial charge in [-0.25, -0.2) is 0 Å². The van der Waals surface area contributed by atoms with Crippen molar-refractivity contribution in [1.82, 2.24) is 0 Å². The van der Waals surface area contributed by atoms with E-state index in [1.807, 2.05) is 0 Å². The molecule has 0 saturated carbocycles. The van der Waals surface area contributed by atoms with E-state index in [9.17, 15) is 17.7 Å². The smallest absolute Gasteiger partial charge is 0.324 e. The molecule has 1 aromatic rings. The van der Waals surface area contributed by atoms with Crippen molar-refractivity contribution in [3.05, 3.63) is 35.4 Å². The van der Waals surface area contributed by atoms with Gasteiger partial charge in [0.05, 0.1) is 0 Å². The molecule has 0 radical (unpaired) electrons. The molecule has 17 heavy (non-hydrogen) atoms. The molecule has 0 heterocycles. The van der Waals surface area contributed by atoms with Crippen LogP contribution in [0.3, 0.4) is 0 Å². The Hall–Kier alpha value is -0.840. The minimum absolute atomic E-state index is 0.186. The SMILES string of the molecule is Cc1cccc(C(OP(C)(=O)O)C(F)(F)F)c1. The monoisotopic (exact) mass is 268 g/mol. The summed E-state index contributed by atoms with van der Waals surface area (Å²) in [4.78, 5) is 8.92. The van der Waals surface area contributed by atoms with Crippen molar-refractivity contribution in [2.24, 2.45) is 0 Å². The molecule has 0 aliphatic heterocycles. The van der Waals surface area contributed by atoms with Crippen LogP contribution < -0.4 is 0 Å². The van der Waals surface area contributed by atoms with Crippen molar-refractivity contribution in [3.8, 4) is 0 Å². The third kappa shape index (κ3) is 4.50. The molecule has 0 aromatic heterocycles. The van der Waals surface area contributed by atoms with E-state index in [0.29, 0.717) is 5.56 Å². The zero-order chi connectivity index (χ0) is 13.3. The second-order valence-corrected chi connectivity index (χ2v) is 5.56. The quantitative estimate of drug-likeness (QED) is 0.854. The van der Waals surface area contributed by atoms with Crippen LogP contribution in [0.25, 0.3) is 0 Å². The fourth-order valence-electron chi connectivity index (χ4n) is 1.34. The van der Waals surface area contributed by atoms with Crippen molar-refractivity contribution >= 4 is 7.60 Å². The van der Waals surface area contributed by atoms with E-state index in [1.54, 1.807) is 13.0 Å². The Bertz CT molecular complexity index is 439. The van der Waals surface area contributed by atoms with Crippen molar-refractivity contribution in [2.75, 3.05) is 6.66 Å². The summed E-state index contributed by atoms with van der Waals surface area (Å²) in [5.41, 5.74) is 0.429. The summed E-state index contributed by atoms with van der Waals surface area (Å²) in [6.07, 6.45) is -7.12. The van der Waals surface area contributed by atoms with Gasteiger partial charge >= 0.3 is 13.8 Å². The van der Waals surface area contributed by atoms with E-state index in [-0.39, 0.29) is 5.56 Å². The Balaban J connectivity index is 3.12. The molecule has 0 aliphatic carbocycles. The summed E-state index contributed by atoms with van der Waals surface area (Å²) in [5.74, 6) is 0. The minimum atomic E-state index is -4.73. The summed E-state index contributed by atoms with van der Waals surface area (Å²) < 4.78 is 53.3. The lowest BCUT2D eigenvalue weighted by molar-refractivity contribution is -0.199. The lowest BCUT2D eigenvalue weighted by atomic mass is 10.1. The molecule has 3 nitrogen and oxygen atoms in total. The molecule has 0 saturated heterocycles. The molecule has 7 heteroatoms. The van der Waals surface area contributed by atoms with Crippen LogP contribution in [-0.4, -0.2) is 17.7 Å². The van der Waals surface area contributed by atoms with E-state index in [2.05, 4.69) is 4.52 Å². The largest absolute Gasteiger partial charge is 0.419 e. The maximum atomic E-state index is 12.7. The van der Waals surface area contributed by atoms with Crippen LogP contribution in [0, 0.1) is 6.92 Å². The molecule has 1 aromatic carbocycles. The molecule has 0 fully saturated rings. The van der Waals surface area contributed by atoms with Gasteiger partial charge in [0.1, 0.15) is 0 Å². The zero-order valence-corrected chi connectivity index (χ0v) is 10.1. The first-order chi connectivity index (χ1) is 7.59. The second kappa shape index (κ2) is 4.80. The van der Waals surface area contributed by atoms with Gasteiger partial charge in [-0.3, -0.25) is 9.09 Å². The molecule has 0 spiro atoms. The number of rotatable bonds is 3. The van der Waals surface area contributed by atoms with E-state index >= 15 is 0 Å². The van der Waals surface area contributed by atoms with Gasteiger partial charge in [-0.15, -0.1) is 0 Å². The van der Waals surface area contributed by atoms with Gasteiger partial charge in [0.2, 0.25) is 0 Å². The molecule has 1 rings (SSSR count). The van der Waals surface area contributed by atoms with Crippen LogP contribution in [0.5, 0.6) is 0 Å². The number of hydrogen-bond donors (Lipinski definition) is 1. The Morgan fingerprint density at radius 1 is 1.41 bits per heavy atom. The van der Waals surface area contributed by atoms with Gasteiger partial charge in [0, 0.05) is 6.66 Å². The van der Waals surface area contributed by atoms with Crippen LogP contribution >= 0.6 is 7.60 Å². The Morgan fingerprint density at radius 3 is 2.41 bits per heavy atom. The maximum absolute atomic E-state index is 12.7. The Labute approximate surface area is 96.8 Å². The zero-order valence-electron chi connectivity index (χ0n) is 9.23. The summed E-state index contributed by atoms with van der Waals surface area (Å²) in [6.45, 7) is 2.35. The van der Waals surface area contributed by atoms with Crippen LogP contribution in [0.2, 0.25) is 0 Å². The van der Waals surface area contributed by atoms with Crippen LogP contribution in [0.4, 0.5) is 13.2 Å². The molecular formula is C10H12F3O3P. The first-order valence-corrected chi connectivity index (χ1v) is 6.74. The van der Waals surface area contributed by atoms with Crippen molar-refractivity contribution < 1.29 is 27.2 Å². The molecular weight excluding hydrogens is 256 g/mol. The average molecular weight is 268 g/mol. The molecule has 0 amide bonds. The first kappa shape index (κ1) is 14.2. The number of alkyl halides is 3. The van der Waals surface area contributed by atoms with Gasteiger partial charge in [-0.05, 0) is 12.5 Å². The van der Waals surface area contributed by atoms with E-state index < -0.39 is 19.9 Å². The third-order valence-electron chi connectivity index (χ3n) is 1.94. The number of benzene rings is 1. The van der Waals surface area contributed by atoms with Crippen LogP contribution in [0.1, 0.15) is 17.2 Å². The van der Waals surface area contributed by atoms with Crippen molar-refractivity contribution in [3.63, 3.8) is 0 Å². The van der Waals surface area contributed by atoms with Crippen molar-refractivity contribution in [1.29, 1.82) is 0 Å². The number of halogens is 3. The highest BCUT2D eigenvalue weighted by Crippen LogP contribution is 2.48. The van der Waals surface area contributed by atoms with Gasteiger partial charge in [0.25, 0.3) is 0 Å².